The van der Waals surface area contributed by atoms with Crippen LogP contribution in [-0.4, -0.2) is 27.8 Å². The average molecular weight is 459 g/mol. The second-order valence-corrected chi connectivity index (χ2v) is 8.26. The molecule has 0 unspecified atom stereocenters. The molecule has 3 aromatic carbocycles. The SMILES string of the molecule is COc1ccc(F)cc1[C@H](C(=O)Nc1nccs1)n1cc2ccc(-c3ccccc3)cc2n1. The van der Waals surface area contributed by atoms with Crippen molar-refractivity contribution in [2.45, 2.75) is 6.04 Å². The lowest BCUT2D eigenvalue weighted by Gasteiger charge is -2.19. The number of aromatic nitrogens is 3. The molecule has 5 aromatic rings. The lowest BCUT2D eigenvalue weighted by molar-refractivity contribution is -0.118. The highest BCUT2D eigenvalue weighted by Gasteiger charge is 2.28. The van der Waals surface area contributed by atoms with Crippen LogP contribution in [0.1, 0.15) is 11.6 Å². The number of hydrogen-bond donors (Lipinski definition) is 1. The van der Waals surface area contributed by atoms with E-state index in [-0.39, 0.29) is 0 Å². The first-order valence-corrected chi connectivity index (χ1v) is 11.1. The molecule has 164 valence electrons. The van der Waals surface area contributed by atoms with E-state index in [1.54, 1.807) is 22.5 Å². The molecule has 0 fully saturated rings. The number of rotatable bonds is 6. The number of carbonyl (C=O) groups excluding carboxylic acids is 1. The topological polar surface area (TPSA) is 69.0 Å². The monoisotopic (exact) mass is 458 g/mol. The molecule has 8 heteroatoms. The molecular weight excluding hydrogens is 439 g/mol. The molecule has 0 aliphatic carbocycles. The summed E-state index contributed by atoms with van der Waals surface area (Å²) in [5.74, 6) is -0.480. The van der Waals surface area contributed by atoms with Crippen molar-refractivity contribution < 1.29 is 13.9 Å². The molecule has 1 N–H and O–H groups in total. The second-order valence-electron chi connectivity index (χ2n) is 7.36. The average Bonchev–Trinajstić information content (AvgIpc) is 3.49. The van der Waals surface area contributed by atoms with Crippen molar-refractivity contribution in [1.29, 1.82) is 0 Å². The van der Waals surface area contributed by atoms with Crippen LogP contribution in [0, 0.1) is 5.82 Å². The molecule has 0 bridgehead atoms. The molecule has 2 heterocycles. The van der Waals surface area contributed by atoms with Crippen molar-refractivity contribution in [3.8, 4) is 16.9 Å². The third kappa shape index (κ3) is 4.20. The third-order valence-electron chi connectivity index (χ3n) is 5.29. The Bertz CT molecular complexity index is 1420. The number of methoxy groups -OCH3 is 1. The van der Waals surface area contributed by atoms with Gasteiger partial charge in [0.25, 0.3) is 5.91 Å². The fraction of sp³-hybridized carbons (Fsp3) is 0.0800. The summed E-state index contributed by atoms with van der Waals surface area (Å²) in [6, 6.07) is 19.1. The number of hydrogen-bond acceptors (Lipinski definition) is 5. The summed E-state index contributed by atoms with van der Waals surface area (Å²) >= 11 is 1.30. The Labute approximate surface area is 193 Å². The summed E-state index contributed by atoms with van der Waals surface area (Å²) in [7, 11) is 1.48. The van der Waals surface area contributed by atoms with E-state index >= 15 is 0 Å². The van der Waals surface area contributed by atoms with Gasteiger partial charge in [0, 0.05) is 28.7 Å². The first-order chi connectivity index (χ1) is 16.1. The van der Waals surface area contributed by atoms with Crippen LogP contribution in [0.5, 0.6) is 5.75 Å². The molecule has 33 heavy (non-hydrogen) atoms. The van der Waals surface area contributed by atoms with Gasteiger partial charge in [-0.2, -0.15) is 5.10 Å². The van der Waals surface area contributed by atoms with Crippen molar-refractivity contribution in [1.82, 2.24) is 14.8 Å². The lowest BCUT2D eigenvalue weighted by Crippen LogP contribution is -2.28. The highest BCUT2D eigenvalue weighted by molar-refractivity contribution is 7.13. The highest BCUT2D eigenvalue weighted by atomic mass is 32.1. The summed E-state index contributed by atoms with van der Waals surface area (Å²) in [4.78, 5) is 17.5. The van der Waals surface area contributed by atoms with E-state index in [1.165, 1.54) is 36.6 Å². The summed E-state index contributed by atoms with van der Waals surface area (Å²) in [5.41, 5.74) is 3.17. The van der Waals surface area contributed by atoms with Gasteiger partial charge in [-0.15, -0.1) is 11.3 Å². The molecule has 6 nitrogen and oxygen atoms in total. The van der Waals surface area contributed by atoms with Gasteiger partial charge in [0.15, 0.2) is 11.2 Å². The predicted molar refractivity (Wildman–Crippen MR) is 127 cm³/mol. The third-order valence-corrected chi connectivity index (χ3v) is 5.98. The van der Waals surface area contributed by atoms with E-state index in [1.807, 2.05) is 48.5 Å². The molecular formula is C25H19FN4O2S. The van der Waals surface area contributed by atoms with Crippen molar-refractivity contribution in [3.63, 3.8) is 0 Å². The zero-order valence-corrected chi connectivity index (χ0v) is 18.4. The van der Waals surface area contributed by atoms with E-state index in [0.29, 0.717) is 16.4 Å². The van der Waals surface area contributed by atoms with E-state index in [4.69, 9.17) is 9.84 Å². The summed E-state index contributed by atoms with van der Waals surface area (Å²) < 4.78 is 21.2. The maximum atomic E-state index is 14.2. The molecule has 5 rings (SSSR count). The highest BCUT2D eigenvalue weighted by Crippen LogP contribution is 2.32. The van der Waals surface area contributed by atoms with Gasteiger partial charge >= 0.3 is 0 Å². The van der Waals surface area contributed by atoms with Crippen LogP contribution in [0.3, 0.4) is 0 Å². The smallest absolute Gasteiger partial charge is 0.255 e. The zero-order valence-electron chi connectivity index (χ0n) is 17.6. The van der Waals surface area contributed by atoms with Crippen LogP contribution in [0.4, 0.5) is 9.52 Å². The van der Waals surface area contributed by atoms with Gasteiger partial charge in [-0.1, -0.05) is 42.5 Å². The van der Waals surface area contributed by atoms with Gasteiger partial charge in [0.05, 0.1) is 12.6 Å². The molecule has 0 aliphatic heterocycles. The second kappa shape index (κ2) is 8.84. The van der Waals surface area contributed by atoms with Gasteiger partial charge in [-0.25, -0.2) is 9.37 Å². The molecule has 0 spiro atoms. The maximum Gasteiger partial charge on any atom is 0.255 e. The van der Waals surface area contributed by atoms with Crippen molar-refractivity contribution in [3.05, 3.63) is 95.9 Å². The van der Waals surface area contributed by atoms with Crippen molar-refractivity contribution >= 4 is 33.3 Å². The number of halogens is 1. The summed E-state index contributed by atoms with van der Waals surface area (Å²) in [5, 5.41) is 10.6. The number of thiazole rings is 1. The van der Waals surface area contributed by atoms with Crippen LogP contribution >= 0.6 is 11.3 Å². The molecule has 0 aliphatic rings. The largest absolute Gasteiger partial charge is 0.496 e. The Morgan fingerprint density at radius 1 is 1.09 bits per heavy atom. The Morgan fingerprint density at radius 3 is 2.70 bits per heavy atom. The molecule has 1 amide bonds. The normalized spacial score (nSPS) is 11.9. The van der Waals surface area contributed by atoms with E-state index in [9.17, 15) is 9.18 Å². The van der Waals surface area contributed by atoms with Gasteiger partial charge in [-0.3, -0.25) is 14.8 Å². The quantitative estimate of drug-likeness (QED) is 0.363. The van der Waals surface area contributed by atoms with Crippen LogP contribution in [0.15, 0.2) is 84.5 Å². The fourth-order valence-electron chi connectivity index (χ4n) is 3.76. The number of anilines is 1. The van der Waals surface area contributed by atoms with Crippen LogP contribution < -0.4 is 10.1 Å². The summed E-state index contributed by atoms with van der Waals surface area (Å²) in [6.07, 6.45) is 3.38. The Morgan fingerprint density at radius 2 is 1.94 bits per heavy atom. The minimum atomic E-state index is -0.966. The van der Waals surface area contributed by atoms with E-state index < -0.39 is 17.8 Å². The first kappa shape index (κ1) is 20.8. The van der Waals surface area contributed by atoms with Gasteiger partial charge < -0.3 is 4.74 Å². The van der Waals surface area contributed by atoms with Crippen molar-refractivity contribution in [2.75, 3.05) is 12.4 Å². The maximum absolute atomic E-state index is 14.2. The zero-order chi connectivity index (χ0) is 22.8. The minimum Gasteiger partial charge on any atom is -0.496 e. The Balaban J connectivity index is 1.61. The number of benzene rings is 3. The Kier molecular flexibility index (Phi) is 5.58. The fourth-order valence-corrected chi connectivity index (χ4v) is 4.29. The standard InChI is InChI=1S/C25H19FN4O2S/c1-32-22-10-9-19(26)14-20(22)23(24(31)28-25-27-11-12-33-25)30-15-18-8-7-17(13-21(18)29-30)16-5-3-2-4-6-16/h2-15,23H,1H3,(H,27,28,31)/t23-/m1/s1. The molecule has 1 atom stereocenters. The molecule has 0 radical (unpaired) electrons. The molecule has 0 saturated heterocycles. The van der Waals surface area contributed by atoms with Crippen LogP contribution in [-0.2, 0) is 4.79 Å². The Hall–Kier alpha value is -4.04. The van der Waals surface area contributed by atoms with Crippen LogP contribution in [0.2, 0.25) is 0 Å². The van der Waals surface area contributed by atoms with Crippen LogP contribution in [0.25, 0.3) is 22.0 Å². The number of amides is 1. The number of nitrogens with zero attached hydrogens (tertiary/aromatic N) is 3. The number of ether oxygens (including phenoxy) is 1. The number of nitrogens with one attached hydrogen (secondary N) is 1. The first-order valence-electron chi connectivity index (χ1n) is 10.2. The van der Waals surface area contributed by atoms with E-state index in [0.717, 1.165) is 22.0 Å². The molecule has 2 aromatic heterocycles. The minimum absolute atomic E-state index is 0.364. The van der Waals surface area contributed by atoms with Crippen molar-refractivity contribution in [2.24, 2.45) is 0 Å². The summed E-state index contributed by atoms with van der Waals surface area (Å²) in [6.45, 7) is 0. The van der Waals surface area contributed by atoms with E-state index in [2.05, 4.69) is 10.3 Å². The predicted octanol–water partition coefficient (Wildman–Crippen LogP) is 5.54. The van der Waals surface area contributed by atoms with Gasteiger partial charge in [-0.05, 0) is 35.4 Å². The van der Waals surface area contributed by atoms with Gasteiger partial charge in [0.2, 0.25) is 0 Å². The number of fused-ring (bicyclic) bond motifs is 1. The number of carbonyl (C=O) groups is 1. The van der Waals surface area contributed by atoms with Gasteiger partial charge in [0.1, 0.15) is 11.6 Å². The lowest BCUT2D eigenvalue weighted by atomic mass is 10.0. The molecule has 0 saturated carbocycles.